The molecular formula is C18H21ClN2O2. The molecule has 1 atom stereocenters. The number of nitrogens with one attached hydrogen (secondary N) is 1. The van der Waals surface area contributed by atoms with Crippen molar-refractivity contribution in [1.29, 1.82) is 0 Å². The molecule has 0 fully saturated rings. The number of halogens is 1. The first-order valence-corrected chi connectivity index (χ1v) is 7.88. The van der Waals surface area contributed by atoms with E-state index in [0.29, 0.717) is 23.9 Å². The van der Waals surface area contributed by atoms with E-state index in [9.17, 15) is 4.79 Å². The van der Waals surface area contributed by atoms with E-state index in [1.54, 1.807) is 18.2 Å². The van der Waals surface area contributed by atoms with Crippen LogP contribution < -0.4 is 10.1 Å². The van der Waals surface area contributed by atoms with Crippen molar-refractivity contribution in [2.75, 3.05) is 25.5 Å². The first-order valence-electron chi connectivity index (χ1n) is 7.51. The summed E-state index contributed by atoms with van der Waals surface area (Å²) in [6, 6.07) is 16.5. The predicted molar refractivity (Wildman–Crippen MR) is 94.1 cm³/mol. The predicted octanol–water partition coefficient (Wildman–Crippen LogP) is 3.68. The molecule has 2 rings (SSSR count). The zero-order chi connectivity index (χ0) is 16.7. The molecule has 0 saturated carbocycles. The molecular weight excluding hydrogens is 312 g/mol. The summed E-state index contributed by atoms with van der Waals surface area (Å²) in [5.41, 5.74) is 0.697. The summed E-state index contributed by atoms with van der Waals surface area (Å²) < 4.78 is 5.65. The van der Waals surface area contributed by atoms with Gasteiger partial charge in [0.1, 0.15) is 12.4 Å². The molecule has 122 valence electrons. The average Bonchev–Trinajstić information content (AvgIpc) is 2.55. The number of anilines is 1. The molecule has 0 saturated heterocycles. The van der Waals surface area contributed by atoms with Gasteiger partial charge < -0.3 is 10.1 Å². The molecule has 1 N–H and O–H groups in total. The molecule has 1 amide bonds. The number of likely N-dealkylation sites (N-methyl/N-ethyl adjacent to an activating group) is 1. The summed E-state index contributed by atoms with van der Waals surface area (Å²) >= 11 is 5.92. The smallest absolute Gasteiger partial charge is 0.241 e. The third-order valence-corrected chi connectivity index (χ3v) is 3.82. The third-order valence-electron chi connectivity index (χ3n) is 3.59. The minimum absolute atomic E-state index is 0.0746. The normalized spacial score (nSPS) is 12.0. The van der Waals surface area contributed by atoms with Crippen LogP contribution in [0.5, 0.6) is 5.75 Å². The minimum atomic E-state index is -0.270. The molecule has 4 nitrogen and oxygen atoms in total. The Kier molecular flexibility index (Phi) is 6.44. The Morgan fingerprint density at radius 3 is 2.65 bits per heavy atom. The molecule has 0 spiro atoms. The van der Waals surface area contributed by atoms with Crippen molar-refractivity contribution in [2.45, 2.75) is 13.0 Å². The summed E-state index contributed by atoms with van der Waals surface area (Å²) in [7, 11) is 1.90. The SMILES string of the molecule is C[C@H](C(=O)Nc1cccc(Cl)c1)N(C)CCOc1ccccc1. The Morgan fingerprint density at radius 2 is 1.96 bits per heavy atom. The lowest BCUT2D eigenvalue weighted by molar-refractivity contribution is -0.120. The number of hydrogen-bond acceptors (Lipinski definition) is 3. The van der Waals surface area contributed by atoms with Crippen molar-refractivity contribution in [1.82, 2.24) is 4.90 Å². The van der Waals surface area contributed by atoms with E-state index < -0.39 is 0 Å². The topological polar surface area (TPSA) is 41.6 Å². The van der Waals surface area contributed by atoms with Gasteiger partial charge in [-0.2, -0.15) is 0 Å². The molecule has 2 aromatic carbocycles. The van der Waals surface area contributed by atoms with E-state index in [2.05, 4.69) is 5.32 Å². The molecule has 23 heavy (non-hydrogen) atoms. The molecule has 0 heterocycles. The van der Waals surface area contributed by atoms with E-state index in [1.165, 1.54) is 0 Å². The summed E-state index contributed by atoms with van der Waals surface area (Å²) in [4.78, 5) is 14.2. The fourth-order valence-corrected chi connectivity index (χ4v) is 2.22. The fourth-order valence-electron chi connectivity index (χ4n) is 2.03. The molecule has 2 aromatic rings. The number of para-hydroxylation sites is 1. The molecule has 0 aromatic heterocycles. The van der Waals surface area contributed by atoms with Crippen molar-refractivity contribution >= 4 is 23.2 Å². The highest BCUT2D eigenvalue weighted by molar-refractivity contribution is 6.30. The maximum absolute atomic E-state index is 12.3. The maximum Gasteiger partial charge on any atom is 0.241 e. The molecule has 0 aliphatic rings. The van der Waals surface area contributed by atoms with Crippen molar-refractivity contribution in [3.63, 3.8) is 0 Å². The maximum atomic E-state index is 12.3. The number of benzene rings is 2. The summed E-state index contributed by atoms with van der Waals surface area (Å²) in [6.45, 7) is 3.04. The second kappa shape index (κ2) is 8.56. The van der Waals surface area contributed by atoms with E-state index in [-0.39, 0.29) is 11.9 Å². The highest BCUT2D eigenvalue weighted by Gasteiger charge is 2.18. The number of nitrogens with zero attached hydrogens (tertiary/aromatic N) is 1. The van der Waals surface area contributed by atoms with E-state index in [0.717, 1.165) is 5.75 Å². The Bertz CT molecular complexity index is 634. The molecule has 0 bridgehead atoms. The molecule has 0 aliphatic heterocycles. The van der Waals surface area contributed by atoms with E-state index in [4.69, 9.17) is 16.3 Å². The van der Waals surface area contributed by atoms with Crippen LogP contribution in [0.15, 0.2) is 54.6 Å². The van der Waals surface area contributed by atoms with Gasteiger partial charge in [-0.1, -0.05) is 35.9 Å². The Hall–Kier alpha value is -2.04. The lowest BCUT2D eigenvalue weighted by Gasteiger charge is -2.23. The number of ether oxygens (including phenoxy) is 1. The Morgan fingerprint density at radius 1 is 1.22 bits per heavy atom. The highest BCUT2D eigenvalue weighted by Crippen LogP contribution is 2.15. The number of amides is 1. The number of hydrogen-bond donors (Lipinski definition) is 1. The first kappa shape index (κ1) is 17.3. The van der Waals surface area contributed by atoms with Gasteiger partial charge in [0.15, 0.2) is 0 Å². The molecule has 0 aliphatic carbocycles. The van der Waals surface area contributed by atoms with Gasteiger partial charge in [-0.15, -0.1) is 0 Å². The second-order valence-corrected chi connectivity index (χ2v) is 5.75. The standard InChI is InChI=1S/C18H21ClN2O2/c1-14(18(22)20-16-8-6-7-15(19)13-16)21(2)11-12-23-17-9-4-3-5-10-17/h3-10,13-14H,11-12H2,1-2H3,(H,20,22)/t14-/m1/s1. The lowest BCUT2D eigenvalue weighted by atomic mass is 10.2. The van der Waals surface area contributed by atoms with Crippen LogP contribution in [-0.4, -0.2) is 37.0 Å². The van der Waals surface area contributed by atoms with Crippen LogP contribution in [0.1, 0.15) is 6.92 Å². The quantitative estimate of drug-likeness (QED) is 0.841. The molecule has 5 heteroatoms. The second-order valence-electron chi connectivity index (χ2n) is 5.32. The van der Waals surface area contributed by atoms with Crippen molar-refractivity contribution in [3.8, 4) is 5.75 Å². The van der Waals surface area contributed by atoms with Gasteiger partial charge >= 0.3 is 0 Å². The zero-order valence-corrected chi connectivity index (χ0v) is 14.1. The van der Waals surface area contributed by atoms with Crippen molar-refractivity contribution < 1.29 is 9.53 Å². The fraction of sp³-hybridized carbons (Fsp3) is 0.278. The van der Waals surface area contributed by atoms with Crippen LogP contribution in [-0.2, 0) is 4.79 Å². The van der Waals surface area contributed by atoms with Gasteiger partial charge in [-0.25, -0.2) is 0 Å². The lowest BCUT2D eigenvalue weighted by Crippen LogP contribution is -2.41. The highest BCUT2D eigenvalue weighted by atomic mass is 35.5. The minimum Gasteiger partial charge on any atom is -0.492 e. The summed E-state index contributed by atoms with van der Waals surface area (Å²) in [6.07, 6.45) is 0. The third kappa shape index (κ3) is 5.58. The van der Waals surface area contributed by atoms with Crippen LogP contribution in [0.25, 0.3) is 0 Å². The van der Waals surface area contributed by atoms with Crippen molar-refractivity contribution in [3.05, 3.63) is 59.6 Å². The number of carbonyl (C=O) groups excluding carboxylic acids is 1. The van der Waals surface area contributed by atoms with Gasteiger partial charge in [-0.3, -0.25) is 9.69 Å². The van der Waals surface area contributed by atoms with Gasteiger partial charge in [0.2, 0.25) is 5.91 Å². The van der Waals surface area contributed by atoms with Crippen molar-refractivity contribution in [2.24, 2.45) is 0 Å². The van der Waals surface area contributed by atoms with Gasteiger partial charge in [0, 0.05) is 17.3 Å². The average molecular weight is 333 g/mol. The summed E-state index contributed by atoms with van der Waals surface area (Å²) in [5.74, 6) is 0.756. The van der Waals surface area contributed by atoms with Gasteiger partial charge in [0.05, 0.1) is 6.04 Å². The Balaban J connectivity index is 1.79. The molecule has 0 unspecified atom stereocenters. The van der Waals surface area contributed by atoms with Crippen LogP contribution in [0.4, 0.5) is 5.69 Å². The van der Waals surface area contributed by atoms with Gasteiger partial charge in [0.25, 0.3) is 0 Å². The van der Waals surface area contributed by atoms with E-state index in [1.807, 2.05) is 55.3 Å². The number of carbonyl (C=O) groups is 1. The van der Waals surface area contributed by atoms with Crippen LogP contribution >= 0.6 is 11.6 Å². The van der Waals surface area contributed by atoms with Crippen LogP contribution in [0.2, 0.25) is 5.02 Å². The first-order chi connectivity index (χ1) is 11.1. The van der Waals surface area contributed by atoms with Crippen LogP contribution in [0, 0.1) is 0 Å². The molecule has 0 radical (unpaired) electrons. The van der Waals surface area contributed by atoms with Gasteiger partial charge in [-0.05, 0) is 44.3 Å². The van der Waals surface area contributed by atoms with E-state index >= 15 is 0 Å². The largest absolute Gasteiger partial charge is 0.492 e. The zero-order valence-electron chi connectivity index (χ0n) is 13.3. The monoisotopic (exact) mass is 332 g/mol. The number of rotatable bonds is 7. The van der Waals surface area contributed by atoms with Crippen LogP contribution in [0.3, 0.4) is 0 Å². The Labute approximate surface area is 142 Å². The summed E-state index contributed by atoms with van der Waals surface area (Å²) in [5, 5.41) is 3.46.